The SMILES string of the molecule is Cc1ccc(-c2c(C(OC(C)(C)C)C(=O)O)c(C)nc3c2ccn3Cc2ccc(F)c(C)c2)cc1. The molecule has 0 saturated carbocycles. The van der Waals surface area contributed by atoms with Gasteiger partial charge in [-0.1, -0.05) is 42.0 Å². The average molecular weight is 475 g/mol. The Hall–Kier alpha value is -3.51. The predicted molar refractivity (Wildman–Crippen MR) is 136 cm³/mol. The molecule has 1 atom stereocenters. The number of ether oxygens (including phenoxy) is 1. The number of aryl methyl sites for hydroxylation is 3. The third-order valence-corrected chi connectivity index (χ3v) is 6.01. The Morgan fingerprint density at radius 1 is 1.09 bits per heavy atom. The molecule has 0 spiro atoms. The summed E-state index contributed by atoms with van der Waals surface area (Å²) in [5.41, 5.74) is 5.60. The van der Waals surface area contributed by atoms with E-state index in [0.717, 1.165) is 33.3 Å². The molecule has 0 fully saturated rings. The smallest absolute Gasteiger partial charge is 0.337 e. The van der Waals surface area contributed by atoms with Gasteiger partial charge in [0.25, 0.3) is 0 Å². The maximum Gasteiger partial charge on any atom is 0.337 e. The molecule has 35 heavy (non-hydrogen) atoms. The van der Waals surface area contributed by atoms with Gasteiger partial charge in [-0.05, 0) is 70.4 Å². The van der Waals surface area contributed by atoms with Crippen molar-refractivity contribution in [2.75, 3.05) is 0 Å². The van der Waals surface area contributed by atoms with Crippen molar-refractivity contribution in [1.29, 1.82) is 0 Å². The molecule has 4 aromatic rings. The van der Waals surface area contributed by atoms with Crippen LogP contribution in [0.2, 0.25) is 0 Å². The molecule has 0 aliphatic heterocycles. The van der Waals surface area contributed by atoms with E-state index in [0.29, 0.717) is 23.4 Å². The normalized spacial score (nSPS) is 12.8. The first-order valence-corrected chi connectivity index (χ1v) is 11.7. The summed E-state index contributed by atoms with van der Waals surface area (Å²) >= 11 is 0. The second-order valence-corrected chi connectivity index (χ2v) is 10.1. The topological polar surface area (TPSA) is 64.3 Å². The highest BCUT2D eigenvalue weighted by Crippen LogP contribution is 2.39. The number of rotatable bonds is 6. The fourth-order valence-electron chi connectivity index (χ4n) is 4.40. The van der Waals surface area contributed by atoms with Crippen molar-refractivity contribution in [3.8, 4) is 11.1 Å². The summed E-state index contributed by atoms with van der Waals surface area (Å²) in [6.07, 6.45) is 0.767. The van der Waals surface area contributed by atoms with E-state index in [-0.39, 0.29) is 5.82 Å². The molecule has 182 valence electrons. The first-order chi connectivity index (χ1) is 16.4. The highest BCUT2D eigenvalue weighted by Gasteiger charge is 2.32. The number of nitrogens with zero attached hydrogens (tertiary/aromatic N) is 2. The lowest BCUT2D eigenvalue weighted by Gasteiger charge is -2.28. The van der Waals surface area contributed by atoms with E-state index in [2.05, 4.69) is 0 Å². The Morgan fingerprint density at radius 2 is 1.77 bits per heavy atom. The average Bonchev–Trinajstić information content (AvgIpc) is 3.16. The van der Waals surface area contributed by atoms with Crippen LogP contribution >= 0.6 is 0 Å². The van der Waals surface area contributed by atoms with Crippen LogP contribution in [0.1, 0.15) is 54.8 Å². The Kier molecular flexibility index (Phi) is 6.52. The minimum atomic E-state index is -1.17. The van der Waals surface area contributed by atoms with Crippen LogP contribution in [0.25, 0.3) is 22.2 Å². The Bertz CT molecular complexity index is 1400. The Balaban J connectivity index is 1.95. The molecule has 0 aliphatic carbocycles. The molecular formula is C29H31FN2O3. The lowest BCUT2D eigenvalue weighted by Crippen LogP contribution is -2.28. The van der Waals surface area contributed by atoms with Crippen molar-refractivity contribution in [1.82, 2.24) is 9.55 Å². The van der Waals surface area contributed by atoms with Crippen LogP contribution in [0.5, 0.6) is 0 Å². The van der Waals surface area contributed by atoms with Crippen molar-refractivity contribution in [3.63, 3.8) is 0 Å². The number of pyridine rings is 1. The van der Waals surface area contributed by atoms with E-state index in [1.807, 2.05) is 81.8 Å². The zero-order valence-corrected chi connectivity index (χ0v) is 21.0. The van der Waals surface area contributed by atoms with Gasteiger partial charge in [0.2, 0.25) is 0 Å². The molecule has 0 bridgehead atoms. The zero-order valence-electron chi connectivity index (χ0n) is 21.0. The number of hydrogen-bond donors (Lipinski definition) is 1. The predicted octanol–water partition coefficient (Wildman–Crippen LogP) is 6.76. The summed E-state index contributed by atoms with van der Waals surface area (Å²) in [7, 11) is 0. The minimum Gasteiger partial charge on any atom is -0.479 e. The summed E-state index contributed by atoms with van der Waals surface area (Å²) < 4.78 is 21.8. The van der Waals surface area contributed by atoms with Crippen LogP contribution in [-0.2, 0) is 16.1 Å². The molecule has 2 aromatic heterocycles. The Labute approximate surface area is 205 Å². The van der Waals surface area contributed by atoms with Gasteiger partial charge in [0, 0.05) is 34.9 Å². The second-order valence-electron chi connectivity index (χ2n) is 10.1. The number of fused-ring (bicyclic) bond motifs is 1. The van der Waals surface area contributed by atoms with E-state index in [4.69, 9.17) is 9.72 Å². The maximum atomic E-state index is 13.8. The number of carboxylic acid groups (broad SMARTS) is 1. The van der Waals surface area contributed by atoms with Gasteiger partial charge in [0.1, 0.15) is 11.5 Å². The number of halogens is 1. The standard InChI is InChI=1S/C29H31FN2O3/c1-17-7-10-21(11-8-17)25-22-13-14-32(16-20-9-12-23(30)18(2)15-20)27(22)31-19(3)24(25)26(28(33)34)35-29(4,5)6/h7-15,26H,16H2,1-6H3,(H,33,34). The molecule has 2 aromatic carbocycles. The van der Waals surface area contributed by atoms with E-state index < -0.39 is 17.7 Å². The van der Waals surface area contributed by atoms with Gasteiger partial charge >= 0.3 is 5.97 Å². The van der Waals surface area contributed by atoms with Gasteiger partial charge in [-0.3, -0.25) is 0 Å². The van der Waals surface area contributed by atoms with Gasteiger partial charge in [-0.15, -0.1) is 0 Å². The summed E-state index contributed by atoms with van der Waals surface area (Å²) in [5, 5.41) is 11.0. The van der Waals surface area contributed by atoms with Crippen LogP contribution in [-0.4, -0.2) is 26.2 Å². The van der Waals surface area contributed by atoms with Crippen molar-refractivity contribution >= 4 is 17.0 Å². The van der Waals surface area contributed by atoms with Gasteiger partial charge < -0.3 is 14.4 Å². The molecule has 6 heteroatoms. The van der Waals surface area contributed by atoms with E-state index in [9.17, 15) is 14.3 Å². The van der Waals surface area contributed by atoms with E-state index in [1.54, 1.807) is 13.0 Å². The maximum absolute atomic E-state index is 13.8. The van der Waals surface area contributed by atoms with Crippen LogP contribution in [0, 0.1) is 26.6 Å². The number of carbonyl (C=O) groups is 1. The van der Waals surface area contributed by atoms with Crippen LogP contribution in [0.15, 0.2) is 54.7 Å². The van der Waals surface area contributed by atoms with Gasteiger partial charge in [0.15, 0.2) is 6.10 Å². The lowest BCUT2D eigenvalue weighted by atomic mass is 9.92. The van der Waals surface area contributed by atoms with Crippen molar-refractivity contribution < 1.29 is 19.0 Å². The van der Waals surface area contributed by atoms with Crippen molar-refractivity contribution in [2.45, 2.75) is 59.8 Å². The van der Waals surface area contributed by atoms with Gasteiger partial charge in [-0.2, -0.15) is 0 Å². The third kappa shape index (κ3) is 5.13. The minimum absolute atomic E-state index is 0.232. The summed E-state index contributed by atoms with van der Waals surface area (Å²) in [6.45, 7) is 11.6. The second kappa shape index (κ2) is 9.27. The number of benzene rings is 2. The van der Waals surface area contributed by atoms with E-state index >= 15 is 0 Å². The lowest BCUT2D eigenvalue weighted by molar-refractivity contribution is -0.160. The molecular weight excluding hydrogens is 443 g/mol. The fraction of sp³-hybridized carbons (Fsp3) is 0.310. The zero-order chi connectivity index (χ0) is 25.5. The summed E-state index contributed by atoms with van der Waals surface area (Å²) in [4.78, 5) is 17.3. The molecule has 0 amide bonds. The molecule has 5 nitrogen and oxygen atoms in total. The molecule has 0 radical (unpaired) electrons. The van der Waals surface area contributed by atoms with E-state index in [1.165, 1.54) is 6.07 Å². The highest BCUT2D eigenvalue weighted by molar-refractivity contribution is 5.97. The monoisotopic (exact) mass is 474 g/mol. The van der Waals surface area contributed by atoms with Crippen LogP contribution < -0.4 is 0 Å². The van der Waals surface area contributed by atoms with Gasteiger partial charge in [0.05, 0.1) is 5.60 Å². The molecule has 1 N–H and O–H groups in total. The largest absolute Gasteiger partial charge is 0.479 e. The number of aromatic nitrogens is 2. The Morgan fingerprint density at radius 3 is 2.37 bits per heavy atom. The molecule has 2 heterocycles. The van der Waals surface area contributed by atoms with Crippen LogP contribution in [0.4, 0.5) is 4.39 Å². The third-order valence-electron chi connectivity index (χ3n) is 6.01. The number of aliphatic carboxylic acids is 1. The van der Waals surface area contributed by atoms with Crippen molar-refractivity contribution in [2.24, 2.45) is 0 Å². The summed E-state index contributed by atoms with van der Waals surface area (Å²) in [5.74, 6) is -1.29. The summed E-state index contributed by atoms with van der Waals surface area (Å²) in [6, 6.07) is 15.1. The van der Waals surface area contributed by atoms with Crippen molar-refractivity contribution in [3.05, 3.63) is 88.5 Å². The van der Waals surface area contributed by atoms with Crippen LogP contribution in [0.3, 0.4) is 0 Å². The molecule has 0 saturated heterocycles. The first kappa shape index (κ1) is 24.6. The highest BCUT2D eigenvalue weighted by atomic mass is 19.1. The molecule has 4 rings (SSSR count). The van der Waals surface area contributed by atoms with Gasteiger partial charge in [-0.25, -0.2) is 14.2 Å². The molecule has 1 unspecified atom stereocenters. The molecule has 0 aliphatic rings. The fourth-order valence-corrected chi connectivity index (χ4v) is 4.40. The number of hydrogen-bond acceptors (Lipinski definition) is 3. The number of carboxylic acids is 1. The first-order valence-electron chi connectivity index (χ1n) is 11.7. The quantitative estimate of drug-likeness (QED) is 0.335.